The van der Waals surface area contributed by atoms with E-state index < -0.39 is 0 Å². The number of nitrogens with zero attached hydrogens (tertiary/aromatic N) is 2. The molecule has 0 spiro atoms. The molecule has 0 saturated heterocycles. The summed E-state index contributed by atoms with van der Waals surface area (Å²) in [5.74, 6) is 3.52. The molecule has 2 heterocycles. The lowest BCUT2D eigenvalue weighted by Crippen LogP contribution is -2.15. The first-order valence-electron chi connectivity index (χ1n) is 17.6. The zero-order chi connectivity index (χ0) is 35.4. The summed E-state index contributed by atoms with van der Waals surface area (Å²) in [4.78, 5) is 10.1. The molecule has 0 N–H and O–H groups in total. The van der Waals surface area contributed by atoms with Gasteiger partial charge in [0.05, 0.1) is 11.4 Å². The van der Waals surface area contributed by atoms with Crippen molar-refractivity contribution < 1.29 is 9.47 Å². The van der Waals surface area contributed by atoms with Crippen molar-refractivity contribution in [2.24, 2.45) is 0 Å². The lowest BCUT2D eigenvalue weighted by molar-refractivity contribution is 0.361. The van der Waals surface area contributed by atoms with E-state index in [0.29, 0.717) is 23.1 Å². The van der Waals surface area contributed by atoms with E-state index in [1.807, 2.05) is 49.4 Å². The summed E-state index contributed by atoms with van der Waals surface area (Å²) < 4.78 is 13.5. The van der Waals surface area contributed by atoms with Gasteiger partial charge in [0, 0.05) is 27.7 Å². The molecule has 0 saturated carbocycles. The van der Waals surface area contributed by atoms with Crippen molar-refractivity contribution >= 4 is 5.57 Å². The molecule has 9 rings (SSSR count). The Morgan fingerprint density at radius 3 is 2.06 bits per heavy atom. The Morgan fingerprint density at radius 1 is 0.577 bits per heavy atom. The second kappa shape index (κ2) is 12.4. The predicted octanol–water partition coefficient (Wildman–Crippen LogP) is 12.9. The van der Waals surface area contributed by atoms with Crippen molar-refractivity contribution in [3.8, 4) is 79.0 Å². The number of allylic oxidation sites excluding steroid dienone is 3. The Balaban J connectivity index is 1.10. The van der Waals surface area contributed by atoms with Gasteiger partial charge in [-0.05, 0) is 70.1 Å². The molecule has 1 aromatic heterocycles. The van der Waals surface area contributed by atoms with Gasteiger partial charge in [-0.1, -0.05) is 148 Å². The van der Waals surface area contributed by atoms with Crippen LogP contribution in [0.2, 0.25) is 0 Å². The van der Waals surface area contributed by atoms with Crippen molar-refractivity contribution in [1.82, 2.24) is 9.97 Å². The van der Waals surface area contributed by atoms with E-state index in [1.54, 1.807) is 0 Å². The van der Waals surface area contributed by atoms with Crippen LogP contribution in [-0.4, -0.2) is 9.97 Å². The van der Waals surface area contributed by atoms with E-state index in [-0.39, 0.29) is 5.41 Å². The van der Waals surface area contributed by atoms with Gasteiger partial charge in [0.15, 0.2) is 28.8 Å². The molecule has 2 aliphatic rings. The zero-order valence-electron chi connectivity index (χ0n) is 29.4. The molecular weight excluding hydrogens is 637 g/mol. The quantitative estimate of drug-likeness (QED) is 0.165. The largest absolute Gasteiger partial charge is 0.449 e. The van der Waals surface area contributed by atoms with Crippen molar-refractivity contribution in [3.05, 3.63) is 175 Å². The number of hydrogen-bond donors (Lipinski definition) is 0. The van der Waals surface area contributed by atoms with Gasteiger partial charge in [-0.3, -0.25) is 0 Å². The Kier molecular flexibility index (Phi) is 7.48. The molecule has 0 fully saturated rings. The summed E-state index contributed by atoms with van der Waals surface area (Å²) in [6.45, 7) is 10.8. The Morgan fingerprint density at radius 2 is 1.23 bits per heavy atom. The maximum Gasteiger partial charge on any atom is 0.178 e. The van der Waals surface area contributed by atoms with Crippen LogP contribution in [0.15, 0.2) is 158 Å². The van der Waals surface area contributed by atoms with Crippen molar-refractivity contribution in [1.29, 1.82) is 0 Å². The first-order chi connectivity index (χ1) is 25.4. The van der Waals surface area contributed by atoms with E-state index >= 15 is 0 Å². The molecule has 1 aliphatic heterocycles. The van der Waals surface area contributed by atoms with Gasteiger partial charge in [0.2, 0.25) is 0 Å². The molecule has 0 radical (unpaired) electrons. The average molecular weight is 673 g/mol. The van der Waals surface area contributed by atoms with Gasteiger partial charge >= 0.3 is 0 Å². The van der Waals surface area contributed by atoms with Gasteiger partial charge in [-0.15, -0.1) is 0 Å². The van der Waals surface area contributed by atoms with Gasteiger partial charge < -0.3 is 9.47 Å². The fraction of sp³-hybridized carbons (Fsp3) is 0.0833. The number of benzene rings is 6. The summed E-state index contributed by atoms with van der Waals surface area (Å²) in [6, 6.07) is 48.1. The lowest BCUT2D eigenvalue weighted by Gasteiger charge is -2.26. The highest BCUT2D eigenvalue weighted by molar-refractivity contribution is 5.89. The van der Waals surface area contributed by atoms with E-state index in [0.717, 1.165) is 56.1 Å². The molecule has 0 amide bonds. The SMILES string of the molecule is C=C(/C=C\C)c1cc(-c2cccc(-c3cccc4c3Oc3ccc5c(c3O4)-c3ccccc3C5(C)C)c2)nc(-c2ccc(-c3ccccc3)cc2)n1. The summed E-state index contributed by atoms with van der Waals surface area (Å²) in [5.41, 5.74) is 13.3. The van der Waals surface area contributed by atoms with E-state index in [4.69, 9.17) is 19.4 Å². The molecule has 0 unspecified atom stereocenters. The van der Waals surface area contributed by atoms with Gasteiger partial charge in [0.1, 0.15) is 0 Å². The third kappa shape index (κ3) is 5.23. The highest BCUT2D eigenvalue weighted by Gasteiger charge is 2.39. The highest BCUT2D eigenvalue weighted by Crippen LogP contribution is 2.59. The predicted molar refractivity (Wildman–Crippen MR) is 212 cm³/mol. The van der Waals surface area contributed by atoms with Crippen LogP contribution in [0, 0.1) is 0 Å². The maximum absolute atomic E-state index is 6.75. The summed E-state index contributed by atoms with van der Waals surface area (Å²) in [7, 11) is 0. The minimum Gasteiger partial charge on any atom is -0.449 e. The standard InChI is InChI=1S/C48H36N2O2/c1-5-13-30(2)40-29-41(50-47(49-40)33-24-22-32(23-25-33)31-14-7-6-8-15-31)35-17-11-16-34(28-35)36-19-12-21-42-45(36)51-43-27-26-39-44(46(43)52-42)37-18-9-10-20-38(37)48(39,3)4/h5-29H,2H2,1,3-4H3/b13-5-. The first kappa shape index (κ1) is 31.5. The van der Waals surface area contributed by atoms with Crippen LogP contribution in [0.4, 0.5) is 0 Å². The number of rotatable bonds is 6. The van der Waals surface area contributed by atoms with Crippen LogP contribution in [0.5, 0.6) is 23.0 Å². The Bertz CT molecular complexity index is 2560. The second-order valence-corrected chi connectivity index (χ2v) is 13.8. The van der Waals surface area contributed by atoms with Crippen LogP contribution >= 0.6 is 0 Å². The lowest BCUT2D eigenvalue weighted by atomic mass is 9.82. The van der Waals surface area contributed by atoms with Crippen LogP contribution in [0.3, 0.4) is 0 Å². The van der Waals surface area contributed by atoms with E-state index in [1.165, 1.54) is 22.3 Å². The molecule has 4 heteroatoms. The van der Waals surface area contributed by atoms with Crippen molar-refractivity contribution in [3.63, 3.8) is 0 Å². The van der Waals surface area contributed by atoms with E-state index in [9.17, 15) is 0 Å². The molecule has 0 atom stereocenters. The number of fused-ring (bicyclic) bond motifs is 6. The molecule has 250 valence electrons. The average Bonchev–Trinajstić information content (AvgIpc) is 3.43. The first-order valence-corrected chi connectivity index (χ1v) is 17.6. The highest BCUT2D eigenvalue weighted by atomic mass is 16.6. The van der Waals surface area contributed by atoms with Crippen molar-refractivity contribution in [2.45, 2.75) is 26.2 Å². The second-order valence-electron chi connectivity index (χ2n) is 13.8. The zero-order valence-corrected chi connectivity index (χ0v) is 29.4. The topological polar surface area (TPSA) is 44.2 Å². The molecule has 7 aromatic rings. The van der Waals surface area contributed by atoms with Gasteiger partial charge in [0.25, 0.3) is 0 Å². The van der Waals surface area contributed by atoms with Crippen LogP contribution in [0.25, 0.3) is 61.6 Å². The maximum atomic E-state index is 6.75. The minimum atomic E-state index is -0.127. The fourth-order valence-electron chi connectivity index (χ4n) is 7.54. The Hall–Kier alpha value is -6.52. The van der Waals surface area contributed by atoms with Crippen LogP contribution < -0.4 is 9.47 Å². The molecular formula is C48H36N2O2. The van der Waals surface area contributed by atoms with Crippen LogP contribution in [-0.2, 0) is 5.41 Å². The monoisotopic (exact) mass is 672 g/mol. The molecule has 1 aliphatic carbocycles. The third-order valence-corrected chi connectivity index (χ3v) is 10.2. The smallest absolute Gasteiger partial charge is 0.178 e. The normalized spacial score (nSPS) is 13.4. The Labute approximate surface area is 304 Å². The summed E-state index contributed by atoms with van der Waals surface area (Å²) >= 11 is 0. The molecule has 4 nitrogen and oxygen atoms in total. The van der Waals surface area contributed by atoms with Gasteiger partial charge in [-0.25, -0.2) is 9.97 Å². The number of ether oxygens (including phenoxy) is 2. The van der Waals surface area contributed by atoms with E-state index in [2.05, 4.69) is 130 Å². The van der Waals surface area contributed by atoms with Crippen LogP contribution in [0.1, 0.15) is 37.6 Å². The van der Waals surface area contributed by atoms with Crippen molar-refractivity contribution in [2.75, 3.05) is 0 Å². The third-order valence-electron chi connectivity index (χ3n) is 10.2. The fourth-order valence-corrected chi connectivity index (χ4v) is 7.54. The minimum absolute atomic E-state index is 0.127. The van der Waals surface area contributed by atoms with Gasteiger partial charge in [-0.2, -0.15) is 0 Å². The number of hydrogen-bond acceptors (Lipinski definition) is 4. The molecule has 52 heavy (non-hydrogen) atoms. The summed E-state index contributed by atoms with van der Waals surface area (Å²) in [5, 5.41) is 0. The summed E-state index contributed by atoms with van der Waals surface area (Å²) in [6.07, 6.45) is 3.96. The number of aromatic nitrogens is 2. The molecule has 6 aromatic carbocycles. The number of para-hydroxylation sites is 1. The molecule has 0 bridgehead atoms.